The summed E-state index contributed by atoms with van der Waals surface area (Å²) in [7, 11) is -3.50. The molecule has 24 heavy (non-hydrogen) atoms. The maximum atomic E-state index is 12.5. The smallest absolute Gasteiger partial charge is 0.258 e. The van der Waals surface area contributed by atoms with Gasteiger partial charge in [0.1, 0.15) is 5.52 Å². The number of fused-ring (bicyclic) bond motifs is 1. The van der Waals surface area contributed by atoms with Gasteiger partial charge < -0.3 is 0 Å². The van der Waals surface area contributed by atoms with Gasteiger partial charge in [-0.25, -0.2) is 13.4 Å². The molecule has 5 nitrogen and oxygen atoms in total. The van der Waals surface area contributed by atoms with Gasteiger partial charge in [0.05, 0.1) is 25.9 Å². The number of nitrogens with one attached hydrogen (secondary N) is 1. The van der Waals surface area contributed by atoms with Gasteiger partial charge in [-0.2, -0.15) is 0 Å². The predicted molar refractivity (Wildman–Crippen MR) is 96.8 cm³/mol. The van der Waals surface area contributed by atoms with Crippen LogP contribution in [0.1, 0.15) is 17.3 Å². The summed E-state index contributed by atoms with van der Waals surface area (Å²) in [6, 6.07) is 11.5. The number of carbonyl (C=O) groups is 1. The third-order valence-corrected chi connectivity index (χ3v) is 6.46. The molecule has 0 radical (unpaired) electrons. The normalized spacial score (nSPS) is 11.6. The quantitative estimate of drug-likeness (QED) is 0.742. The largest absolute Gasteiger partial charge is 0.298 e. The van der Waals surface area contributed by atoms with Crippen LogP contribution in [0.4, 0.5) is 5.13 Å². The summed E-state index contributed by atoms with van der Waals surface area (Å²) < 4.78 is 25.1. The molecule has 8 heteroatoms. The zero-order valence-electron chi connectivity index (χ0n) is 12.6. The Hall–Kier alpha value is -1.96. The van der Waals surface area contributed by atoms with Crippen molar-refractivity contribution >= 4 is 54.0 Å². The van der Waals surface area contributed by atoms with Crippen molar-refractivity contribution in [1.29, 1.82) is 0 Å². The highest BCUT2D eigenvalue weighted by Crippen LogP contribution is 2.31. The molecular weight excluding hydrogens is 368 g/mol. The number of benzene rings is 2. The number of hydrogen-bond acceptors (Lipinski definition) is 5. The van der Waals surface area contributed by atoms with Crippen LogP contribution in [-0.2, 0) is 9.84 Å². The van der Waals surface area contributed by atoms with Gasteiger partial charge in [-0.3, -0.25) is 10.1 Å². The average molecular weight is 381 g/mol. The fraction of sp³-hybridized carbons (Fsp3) is 0.125. The third-order valence-electron chi connectivity index (χ3n) is 3.44. The number of amides is 1. The number of aromatic nitrogens is 1. The molecular formula is C16H13ClN2O3S2. The lowest BCUT2D eigenvalue weighted by Gasteiger charge is -2.08. The van der Waals surface area contributed by atoms with Crippen LogP contribution >= 0.6 is 22.9 Å². The second-order valence-corrected chi connectivity index (χ2v) is 8.64. The molecule has 0 bridgehead atoms. The molecule has 0 saturated carbocycles. The van der Waals surface area contributed by atoms with Crippen LogP contribution in [0.25, 0.3) is 10.2 Å². The van der Waals surface area contributed by atoms with Gasteiger partial charge in [-0.15, -0.1) is 0 Å². The number of para-hydroxylation sites is 1. The van der Waals surface area contributed by atoms with E-state index in [0.29, 0.717) is 15.7 Å². The number of nitrogens with zero attached hydrogens (tertiary/aromatic N) is 1. The van der Waals surface area contributed by atoms with E-state index in [-0.39, 0.29) is 16.2 Å². The number of sulfone groups is 1. The molecule has 0 aliphatic carbocycles. The fourth-order valence-electron chi connectivity index (χ4n) is 2.21. The van der Waals surface area contributed by atoms with Crippen molar-refractivity contribution < 1.29 is 13.2 Å². The minimum absolute atomic E-state index is 0.0177. The summed E-state index contributed by atoms with van der Waals surface area (Å²) in [5.41, 5.74) is 0.707. The van der Waals surface area contributed by atoms with Crippen molar-refractivity contribution in [3.63, 3.8) is 0 Å². The Kier molecular flexibility index (Phi) is 4.58. The average Bonchev–Trinajstić information content (AvgIpc) is 2.99. The first-order valence-corrected chi connectivity index (χ1v) is 9.95. The number of hydrogen-bond donors (Lipinski definition) is 1. The zero-order valence-corrected chi connectivity index (χ0v) is 15.0. The molecule has 0 saturated heterocycles. The molecule has 1 heterocycles. The maximum absolute atomic E-state index is 12.5. The SMILES string of the molecule is CCS(=O)(=O)c1ccccc1C(=O)Nc1nc2c(Cl)cccc2s1. The molecule has 1 N–H and O–H groups in total. The molecule has 0 aliphatic rings. The highest BCUT2D eigenvalue weighted by atomic mass is 35.5. The lowest BCUT2D eigenvalue weighted by molar-refractivity contribution is 0.102. The summed E-state index contributed by atoms with van der Waals surface area (Å²) in [6.45, 7) is 1.54. The number of halogens is 1. The highest BCUT2D eigenvalue weighted by molar-refractivity contribution is 7.91. The fourth-order valence-corrected chi connectivity index (χ4v) is 4.47. The second kappa shape index (κ2) is 6.51. The standard InChI is InChI=1S/C16H13ClN2O3S2/c1-2-24(21,22)13-9-4-3-6-10(13)15(20)19-16-18-14-11(17)7-5-8-12(14)23-16/h3-9H,2H2,1H3,(H,18,19,20). The molecule has 1 aromatic heterocycles. The van der Waals surface area contributed by atoms with Gasteiger partial charge in [-0.05, 0) is 24.3 Å². The van der Waals surface area contributed by atoms with Crippen LogP contribution in [0.3, 0.4) is 0 Å². The van der Waals surface area contributed by atoms with Crippen LogP contribution in [0, 0.1) is 0 Å². The number of anilines is 1. The first-order chi connectivity index (χ1) is 11.4. The highest BCUT2D eigenvalue weighted by Gasteiger charge is 2.21. The molecule has 0 aliphatic heterocycles. The number of thiazole rings is 1. The monoisotopic (exact) mass is 380 g/mol. The van der Waals surface area contributed by atoms with E-state index in [1.165, 1.54) is 23.5 Å². The van der Waals surface area contributed by atoms with Gasteiger partial charge in [0.15, 0.2) is 15.0 Å². The van der Waals surface area contributed by atoms with Crippen molar-refractivity contribution in [2.45, 2.75) is 11.8 Å². The molecule has 0 spiro atoms. The molecule has 124 valence electrons. The van der Waals surface area contributed by atoms with Crippen LogP contribution in [0.5, 0.6) is 0 Å². The minimum atomic E-state index is -3.50. The summed E-state index contributed by atoms with van der Waals surface area (Å²) in [5.74, 6) is -0.591. The van der Waals surface area contributed by atoms with E-state index < -0.39 is 15.7 Å². The van der Waals surface area contributed by atoms with Crippen molar-refractivity contribution in [2.24, 2.45) is 0 Å². The molecule has 3 rings (SSSR count). The van der Waals surface area contributed by atoms with E-state index in [4.69, 9.17) is 11.6 Å². The third kappa shape index (κ3) is 3.15. The van der Waals surface area contributed by atoms with Gasteiger partial charge in [-0.1, -0.05) is 48.1 Å². The molecule has 0 fully saturated rings. The van der Waals surface area contributed by atoms with Crippen molar-refractivity contribution in [3.8, 4) is 0 Å². The van der Waals surface area contributed by atoms with E-state index in [9.17, 15) is 13.2 Å². The lowest BCUT2D eigenvalue weighted by Crippen LogP contribution is -2.17. The maximum Gasteiger partial charge on any atom is 0.258 e. The van der Waals surface area contributed by atoms with E-state index >= 15 is 0 Å². The summed E-state index contributed by atoms with van der Waals surface area (Å²) in [6.07, 6.45) is 0. The number of carbonyl (C=O) groups excluding carboxylic acids is 1. The second-order valence-electron chi connectivity index (χ2n) is 4.96. The van der Waals surface area contributed by atoms with E-state index in [1.54, 1.807) is 31.2 Å². The van der Waals surface area contributed by atoms with Crippen LogP contribution in [0.2, 0.25) is 5.02 Å². The van der Waals surface area contributed by atoms with Crippen molar-refractivity contribution in [3.05, 3.63) is 53.1 Å². The zero-order chi connectivity index (χ0) is 17.3. The van der Waals surface area contributed by atoms with E-state index in [1.807, 2.05) is 6.07 Å². The molecule has 3 aromatic rings. The lowest BCUT2D eigenvalue weighted by atomic mass is 10.2. The molecule has 1 amide bonds. The Labute approximate surface area is 148 Å². The van der Waals surface area contributed by atoms with Gasteiger partial charge in [0.25, 0.3) is 5.91 Å². The van der Waals surface area contributed by atoms with Gasteiger partial charge in [0.2, 0.25) is 0 Å². The van der Waals surface area contributed by atoms with Crippen LogP contribution < -0.4 is 5.32 Å². The van der Waals surface area contributed by atoms with Crippen LogP contribution in [-0.4, -0.2) is 25.1 Å². The summed E-state index contributed by atoms with van der Waals surface area (Å²) >= 11 is 7.36. The molecule has 0 atom stereocenters. The topological polar surface area (TPSA) is 76.1 Å². The Balaban J connectivity index is 1.97. The number of rotatable bonds is 4. The molecule has 0 unspecified atom stereocenters. The summed E-state index contributed by atoms with van der Waals surface area (Å²) in [5, 5.41) is 3.52. The van der Waals surface area contributed by atoms with E-state index in [2.05, 4.69) is 10.3 Å². The Morgan fingerprint density at radius 2 is 1.96 bits per heavy atom. The minimum Gasteiger partial charge on any atom is -0.298 e. The first kappa shape index (κ1) is 16.9. The molecule has 2 aromatic carbocycles. The van der Waals surface area contributed by atoms with Crippen molar-refractivity contribution in [1.82, 2.24) is 4.98 Å². The van der Waals surface area contributed by atoms with Crippen LogP contribution in [0.15, 0.2) is 47.4 Å². The van der Waals surface area contributed by atoms with Crippen molar-refractivity contribution in [2.75, 3.05) is 11.1 Å². The Morgan fingerprint density at radius 1 is 1.21 bits per heavy atom. The first-order valence-electron chi connectivity index (χ1n) is 7.10. The predicted octanol–water partition coefficient (Wildman–Crippen LogP) is 4.00. The van der Waals surface area contributed by atoms with Gasteiger partial charge in [0, 0.05) is 0 Å². The van der Waals surface area contributed by atoms with E-state index in [0.717, 1.165) is 4.70 Å². The Morgan fingerprint density at radius 3 is 2.67 bits per heavy atom. The Bertz CT molecular complexity index is 1030. The van der Waals surface area contributed by atoms with Gasteiger partial charge >= 0.3 is 0 Å². The summed E-state index contributed by atoms with van der Waals surface area (Å²) in [4.78, 5) is 16.8.